The molecular weight excluding hydrogens is 276 g/mol. The number of carbonyl (C=O) groups excluding carboxylic acids is 1. The molecule has 0 bridgehead atoms. The topological polar surface area (TPSA) is 52.8 Å². The molecule has 2 unspecified atom stereocenters. The third-order valence-corrected chi connectivity index (χ3v) is 4.46. The molecule has 0 aromatic heterocycles. The van der Waals surface area contributed by atoms with Gasteiger partial charge in [0.15, 0.2) is 0 Å². The Morgan fingerprint density at radius 2 is 1.85 bits per heavy atom. The smallest absolute Gasteiger partial charge is 0.239 e. The van der Waals surface area contributed by atoms with Gasteiger partial charge in [0, 0.05) is 38.8 Å². The van der Waals surface area contributed by atoms with Gasteiger partial charge in [-0.3, -0.25) is 9.69 Å². The maximum Gasteiger partial charge on any atom is 0.239 e. The van der Waals surface area contributed by atoms with Crippen LogP contribution in [0.3, 0.4) is 0 Å². The lowest BCUT2D eigenvalue weighted by molar-refractivity contribution is -0.134. The zero-order valence-corrected chi connectivity index (χ0v) is 13.6. The summed E-state index contributed by atoms with van der Waals surface area (Å²) in [6.45, 7) is 7.79. The zero-order valence-electron chi connectivity index (χ0n) is 12.8. The van der Waals surface area contributed by atoms with Crippen molar-refractivity contribution in [2.75, 3.05) is 46.3 Å². The molecule has 0 aliphatic carbocycles. The van der Waals surface area contributed by atoms with Crippen molar-refractivity contribution >= 4 is 18.3 Å². The van der Waals surface area contributed by atoms with Gasteiger partial charge in [-0.1, -0.05) is 6.42 Å². The van der Waals surface area contributed by atoms with Crippen LogP contribution in [0.25, 0.3) is 0 Å². The van der Waals surface area contributed by atoms with E-state index in [0.29, 0.717) is 6.04 Å². The van der Waals surface area contributed by atoms with Crippen LogP contribution < -0.4 is 5.73 Å². The van der Waals surface area contributed by atoms with Crippen molar-refractivity contribution in [3.63, 3.8) is 0 Å². The minimum atomic E-state index is -0.365. The van der Waals surface area contributed by atoms with Crippen LogP contribution in [-0.4, -0.2) is 79.0 Å². The first-order valence-electron chi connectivity index (χ1n) is 7.55. The van der Waals surface area contributed by atoms with Crippen LogP contribution in [-0.2, 0) is 4.79 Å². The van der Waals surface area contributed by atoms with E-state index in [1.54, 1.807) is 6.92 Å². The molecule has 20 heavy (non-hydrogen) atoms. The van der Waals surface area contributed by atoms with Gasteiger partial charge in [0.1, 0.15) is 0 Å². The highest BCUT2D eigenvalue weighted by atomic mass is 35.5. The fourth-order valence-corrected chi connectivity index (χ4v) is 3.11. The molecular formula is C14H29ClN4O. The Bertz CT molecular complexity index is 306. The van der Waals surface area contributed by atoms with E-state index in [0.717, 1.165) is 32.7 Å². The second kappa shape index (κ2) is 8.17. The maximum absolute atomic E-state index is 11.8. The van der Waals surface area contributed by atoms with Crippen molar-refractivity contribution in [2.45, 2.75) is 38.3 Å². The SMILES string of the molecule is CC(N)C(=O)N1CCN(CC2CCCCN2C)CC1.Cl. The number of halogens is 1. The summed E-state index contributed by atoms with van der Waals surface area (Å²) in [6, 6.07) is 0.334. The minimum absolute atomic E-state index is 0. The van der Waals surface area contributed by atoms with E-state index in [2.05, 4.69) is 16.8 Å². The van der Waals surface area contributed by atoms with E-state index >= 15 is 0 Å². The lowest BCUT2D eigenvalue weighted by atomic mass is 10.0. The lowest BCUT2D eigenvalue weighted by Crippen LogP contribution is -2.55. The van der Waals surface area contributed by atoms with Gasteiger partial charge in [-0.25, -0.2) is 0 Å². The first-order chi connectivity index (χ1) is 9.08. The summed E-state index contributed by atoms with van der Waals surface area (Å²) in [4.78, 5) is 18.7. The highest BCUT2D eigenvalue weighted by Crippen LogP contribution is 2.16. The lowest BCUT2D eigenvalue weighted by Gasteiger charge is -2.40. The number of nitrogens with zero attached hydrogens (tertiary/aromatic N) is 3. The molecule has 2 rings (SSSR count). The van der Waals surface area contributed by atoms with Crippen molar-refractivity contribution in [1.29, 1.82) is 0 Å². The third-order valence-electron chi connectivity index (χ3n) is 4.46. The quantitative estimate of drug-likeness (QED) is 0.819. The van der Waals surface area contributed by atoms with Crippen LogP contribution in [0.4, 0.5) is 0 Å². The van der Waals surface area contributed by atoms with Crippen LogP contribution in [0, 0.1) is 0 Å². The first-order valence-corrected chi connectivity index (χ1v) is 7.55. The third kappa shape index (κ3) is 4.58. The maximum atomic E-state index is 11.8. The Balaban J connectivity index is 0.00000200. The van der Waals surface area contributed by atoms with Crippen molar-refractivity contribution in [3.05, 3.63) is 0 Å². The molecule has 0 aromatic rings. The summed E-state index contributed by atoms with van der Waals surface area (Å²) in [6.07, 6.45) is 4.01. The largest absolute Gasteiger partial charge is 0.339 e. The van der Waals surface area contributed by atoms with Gasteiger partial charge in [0.05, 0.1) is 6.04 Å². The predicted octanol–water partition coefficient (Wildman–Crippen LogP) is 0.384. The van der Waals surface area contributed by atoms with Crippen LogP contribution in [0.5, 0.6) is 0 Å². The summed E-state index contributed by atoms with van der Waals surface area (Å²) in [5.74, 6) is 0.0921. The molecule has 5 nitrogen and oxygen atoms in total. The molecule has 6 heteroatoms. The molecule has 2 heterocycles. The Morgan fingerprint density at radius 1 is 1.20 bits per heavy atom. The number of amides is 1. The Labute approximate surface area is 128 Å². The van der Waals surface area contributed by atoms with Gasteiger partial charge < -0.3 is 15.5 Å². The Morgan fingerprint density at radius 3 is 2.40 bits per heavy atom. The van der Waals surface area contributed by atoms with Gasteiger partial charge in [-0.15, -0.1) is 12.4 Å². The van der Waals surface area contributed by atoms with Crippen molar-refractivity contribution in [2.24, 2.45) is 5.73 Å². The van der Waals surface area contributed by atoms with E-state index in [-0.39, 0.29) is 24.4 Å². The molecule has 2 fully saturated rings. The predicted molar refractivity (Wildman–Crippen MR) is 84.2 cm³/mol. The number of likely N-dealkylation sites (tertiary alicyclic amines) is 1. The fourth-order valence-electron chi connectivity index (χ4n) is 3.11. The second-order valence-corrected chi connectivity index (χ2v) is 6.04. The normalized spacial score (nSPS) is 26.9. The monoisotopic (exact) mass is 304 g/mol. The number of piperidine rings is 1. The van der Waals surface area contributed by atoms with E-state index < -0.39 is 0 Å². The molecule has 2 aliphatic heterocycles. The van der Waals surface area contributed by atoms with Crippen molar-refractivity contribution < 1.29 is 4.79 Å². The molecule has 0 spiro atoms. The summed E-state index contributed by atoms with van der Waals surface area (Å²) >= 11 is 0. The van der Waals surface area contributed by atoms with Gasteiger partial charge in [-0.05, 0) is 33.4 Å². The highest BCUT2D eigenvalue weighted by Gasteiger charge is 2.26. The van der Waals surface area contributed by atoms with E-state index in [4.69, 9.17) is 5.73 Å². The fraction of sp³-hybridized carbons (Fsp3) is 0.929. The van der Waals surface area contributed by atoms with Crippen LogP contribution in [0.2, 0.25) is 0 Å². The van der Waals surface area contributed by atoms with Gasteiger partial charge >= 0.3 is 0 Å². The second-order valence-electron chi connectivity index (χ2n) is 6.04. The van der Waals surface area contributed by atoms with Gasteiger partial charge in [0.25, 0.3) is 0 Å². The summed E-state index contributed by atoms with van der Waals surface area (Å²) < 4.78 is 0. The molecule has 2 atom stereocenters. The summed E-state index contributed by atoms with van der Waals surface area (Å²) in [5.41, 5.74) is 5.66. The molecule has 2 saturated heterocycles. The molecule has 1 amide bonds. The van der Waals surface area contributed by atoms with E-state index in [1.165, 1.54) is 25.8 Å². The minimum Gasteiger partial charge on any atom is -0.339 e. The number of carbonyl (C=O) groups is 1. The average Bonchev–Trinajstić information content (AvgIpc) is 2.41. The number of likely N-dealkylation sites (N-methyl/N-ethyl adjacent to an activating group) is 1. The van der Waals surface area contributed by atoms with E-state index in [9.17, 15) is 4.79 Å². The van der Waals surface area contributed by atoms with Crippen LogP contribution >= 0.6 is 12.4 Å². The molecule has 0 radical (unpaired) electrons. The highest BCUT2D eigenvalue weighted by molar-refractivity contribution is 5.85. The van der Waals surface area contributed by atoms with Crippen LogP contribution in [0.1, 0.15) is 26.2 Å². The average molecular weight is 305 g/mol. The Hall–Kier alpha value is -0.360. The summed E-state index contributed by atoms with van der Waals surface area (Å²) in [7, 11) is 2.24. The molecule has 0 aromatic carbocycles. The zero-order chi connectivity index (χ0) is 13.8. The van der Waals surface area contributed by atoms with Crippen LogP contribution in [0.15, 0.2) is 0 Å². The van der Waals surface area contributed by atoms with E-state index in [1.807, 2.05) is 4.90 Å². The Kier molecular flexibility index (Phi) is 7.23. The standard InChI is InChI=1S/C14H28N4O.ClH/c1-12(15)14(19)18-9-7-17(8-10-18)11-13-5-3-4-6-16(13)2;/h12-13H,3-11,15H2,1-2H3;1H. The number of piperazine rings is 1. The van der Waals surface area contributed by atoms with Crippen molar-refractivity contribution in [3.8, 4) is 0 Å². The first kappa shape index (κ1) is 17.7. The number of hydrogen-bond acceptors (Lipinski definition) is 4. The molecule has 2 N–H and O–H groups in total. The summed E-state index contributed by atoms with van der Waals surface area (Å²) in [5, 5.41) is 0. The number of hydrogen-bond donors (Lipinski definition) is 1. The molecule has 118 valence electrons. The van der Waals surface area contributed by atoms with Gasteiger partial charge in [0.2, 0.25) is 5.91 Å². The number of nitrogens with two attached hydrogens (primary N) is 1. The van der Waals surface area contributed by atoms with Gasteiger partial charge in [-0.2, -0.15) is 0 Å². The molecule has 2 aliphatic rings. The number of rotatable bonds is 3. The molecule has 0 saturated carbocycles. The van der Waals surface area contributed by atoms with Crippen molar-refractivity contribution in [1.82, 2.24) is 14.7 Å².